The van der Waals surface area contributed by atoms with Crippen molar-refractivity contribution in [3.63, 3.8) is 0 Å². The highest BCUT2D eigenvalue weighted by atomic mass is 79.9. The molecule has 0 fully saturated rings. The summed E-state index contributed by atoms with van der Waals surface area (Å²) >= 11 is 6.82. The number of nitro groups is 1. The lowest BCUT2D eigenvalue weighted by atomic mass is 10.2. The second-order valence-corrected chi connectivity index (χ2v) is 8.57. The van der Waals surface area contributed by atoms with Crippen LogP contribution in [0.2, 0.25) is 0 Å². The van der Waals surface area contributed by atoms with Gasteiger partial charge in [0.05, 0.1) is 40.5 Å². The minimum Gasteiger partial charge on any atom is -0.361 e. The number of amides is 1. The molecule has 0 spiro atoms. The Hall–Kier alpha value is -3.32. The normalized spacial score (nSPS) is 11.0. The summed E-state index contributed by atoms with van der Waals surface area (Å²) in [5.41, 5.74) is 1.56. The molecule has 3 heterocycles. The number of benzene rings is 1. The Kier molecular flexibility index (Phi) is 6.19. The van der Waals surface area contributed by atoms with Crippen molar-refractivity contribution in [1.82, 2.24) is 24.7 Å². The van der Waals surface area contributed by atoms with Gasteiger partial charge in [0.15, 0.2) is 11.5 Å². The van der Waals surface area contributed by atoms with Crippen LogP contribution in [0.1, 0.15) is 27.4 Å². The fourth-order valence-electron chi connectivity index (χ4n) is 2.96. The minimum absolute atomic E-state index is 0.0509. The van der Waals surface area contributed by atoms with Gasteiger partial charge in [0.2, 0.25) is 0 Å². The molecule has 0 aliphatic rings. The van der Waals surface area contributed by atoms with E-state index in [0.717, 1.165) is 10.0 Å². The molecule has 0 radical (unpaired) electrons. The molecule has 11 nitrogen and oxygen atoms in total. The summed E-state index contributed by atoms with van der Waals surface area (Å²) < 4.78 is 9.81. The summed E-state index contributed by atoms with van der Waals surface area (Å²) in [5, 5.41) is 25.7. The molecule has 0 aliphatic heterocycles. The first-order chi connectivity index (χ1) is 15.3. The Labute approximate surface area is 197 Å². The Morgan fingerprint density at radius 1 is 1.16 bits per heavy atom. The van der Waals surface area contributed by atoms with Crippen LogP contribution in [0.5, 0.6) is 0 Å². The molecular weight excluding hydrogens is 550 g/mol. The summed E-state index contributed by atoms with van der Waals surface area (Å²) in [4.78, 5) is 23.1. The summed E-state index contributed by atoms with van der Waals surface area (Å²) in [6.07, 6.45) is 3.21. The maximum Gasteiger partial charge on any atom is 0.389 e. The molecule has 3 aromatic heterocycles. The minimum atomic E-state index is -0.591. The van der Waals surface area contributed by atoms with Gasteiger partial charge in [-0.05, 0) is 45.5 Å². The Balaban J connectivity index is 1.50. The molecule has 0 saturated carbocycles. The Morgan fingerprint density at radius 3 is 2.59 bits per heavy atom. The van der Waals surface area contributed by atoms with Gasteiger partial charge >= 0.3 is 5.82 Å². The monoisotopic (exact) mass is 563 g/mol. The van der Waals surface area contributed by atoms with Crippen molar-refractivity contribution in [2.75, 3.05) is 5.32 Å². The van der Waals surface area contributed by atoms with E-state index >= 15 is 0 Å². The predicted octanol–water partition coefficient (Wildman–Crippen LogP) is 4.16. The van der Waals surface area contributed by atoms with Crippen LogP contribution in [0.15, 0.2) is 56.2 Å². The van der Waals surface area contributed by atoms with Crippen LogP contribution in [-0.2, 0) is 13.1 Å². The van der Waals surface area contributed by atoms with E-state index in [1.54, 1.807) is 17.8 Å². The van der Waals surface area contributed by atoms with Crippen molar-refractivity contribution in [3.8, 4) is 0 Å². The molecule has 4 aromatic rings. The van der Waals surface area contributed by atoms with Crippen molar-refractivity contribution < 1.29 is 14.2 Å². The number of aryl methyl sites for hydroxylation is 1. The third-order valence-electron chi connectivity index (χ3n) is 4.54. The van der Waals surface area contributed by atoms with Crippen molar-refractivity contribution in [1.29, 1.82) is 0 Å². The van der Waals surface area contributed by atoms with Crippen LogP contribution in [-0.4, -0.2) is 35.5 Å². The lowest BCUT2D eigenvalue weighted by Crippen LogP contribution is -2.17. The van der Waals surface area contributed by atoms with E-state index in [2.05, 4.69) is 52.5 Å². The second-order valence-electron chi connectivity index (χ2n) is 6.80. The van der Waals surface area contributed by atoms with Gasteiger partial charge in [-0.25, -0.2) is 0 Å². The summed E-state index contributed by atoms with van der Waals surface area (Å²) in [5.74, 6) is -0.0694. The molecule has 32 heavy (non-hydrogen) atoms. The van der Waals surface area contributed by atoms with E-state index in [4.69, 9.17) is 4.52 Å². The predicted molar refractivity (Wildman–Crippen MR) is 120 cm³/mol. The largest absolute Gasteiger partial charge is 0.389 e. The van der Waals surface area contributed by atoms with Gasteiger partial charge in [0.25, 0.3) is 5.91 Å². The van der Waals surface area contributed by atoms with Gasteiger partial charge in [0, 0.05) is 10.7 Å². The second kappa shape index (κ2) is 9.04. The molecule has 0 saturated heterocycles. The van der Waals surface area contributed by atoms with E-state index in [1.165, 1.54) is 16.9 Å². The number of rotatable bonds is 7. The van der Waals surface area contributed by atoms with Crippen LogP contribution in [0.4, 0.5) is 11.6 Å². The molecule has 1 N–H and O–H groups in total. The molecule has 0 unspecified atom stereocenters. The van der Waals surface area contributed by atoms with Crippen molar-refractivity contribution >= 4 is 49.4 Å². The molecule has 13 heteroatoms. The Morgan fingerprint density at radius 2 is 1.91 bits per heavy atom. The van der Waals surface area contributed by atoms with Gasteiger partial charge in [-0.2, -0.15) is 9.78 Å². The zero-order chi connectivity index (χ0) is 22.8. The van der Waals surface area contributed by atoms with E-state index in [0.29, 0.717) is 28.2 Å². The van der Waals surface area contributed by atoms with Crippen molar-refractivity contribution in [2.45, 2.75) is 20.0 Å². The van der Waals surface area contributed by atoms with Crippen LogP contribution >= 0.6 is 31.9 Å². The first-order valence-corrected chi connectivity index (χ1v) is 10.8. The average molecular weight is 565 g/mol. The fourth-order valence-corrected chi connectivity index (χ4v) is 3.64. The van der Waals surface area contributed by atoms with Crippen molar-refractivity contribution in [2.24, 2.45) is 0 Å². The molecule has 0 bridgehead atoms. The molecular formula is C19H15Br2N7O4. The molecule has 4 rings (SSSR count). The number of nitrogens with zero attached hydrogens (tertiary/aromatic N) is 6. The van der Waals surface area contributed by atoms with Crippen molar-refractivity contribution in [3.05, 3.63) is 84.4 Å². The maximum atomic E-state index is 12.9. The third kappa shape index (κ3) is 4.78. The van der Waals surface area contributed by atoms with E-state index in [9.17, 15) is 14.9 Å². The number of aromatic nitrogens is 5. The Bertz CT molecular complexity index is 1290. The number of carbonyl (C=O) groups excluding carboxylic acids is 1. The molecule has 0 atom stereocenters. The van der Waals surface area contributed by atoms with Crippen LogP contribution in [0.3, 0.4) is 0 Å². The molecule has 0 aliphatic carbocycles. The van der Waals surface area contributed by atoms with Crippen LogP contribution in [0.25, 0.3) is 0 Å². The standard InChI is InChI=1S/C19H15Br2N7O4/c1-11-14(9-26-7-6-16(23-26)28(30)31)17(25-32-11)19(29)22-18-15(21)10-27(24-18)8-12-2-4-13(20)5-3-12/h2-7,10H,8-9H2,1H3,(H,22,24,29). The van der Waals surface area contributed by atoms with E-state index < -0.39 is 10.8 Å². The average Bonchev–Trinajstić information content (AvgIpc) is 3.45. The van der Waals surface area contributed by atoms with Crippen LogP contribution in [0, 0.1) is 17.0 Å². The number of halogens is 2. The number of hydrogen-bond donors (Lipinski definition) is 1. The van der Waals surface area contributed by atoms with Gasteiger partial charge in [-0.15, -0.1) is 0 Å². The molecule has 1 amide bonds. The first-order valence-electron chi connectivity index (χ1n) is 9.22. The summed E-state index contributed by atoms with van der Waals surface area (Å²) in [6.45, 7) is 2.26. The molecule has 1 aromatic carbocycles. The topological polar surface area (TPSA) is 134 Å². The highest BCUT2D eigenvalue weighted by molar-refractivity contribution is 9.10. The van der Waals surface area contributed by atoms with Gasteiger partial charge in [-0.3, -0.25) is 9.48 Å². The first kappa shape index (κ1) is 21.9. The number of anilines is 1. The van der Waals surface area contributed by atoms with Gasteiger partial charge in [-0.1, -0.05) is 33.2 Å². The lowest BCUT2D eigenvalue weighted by Gasteiger charge is -2.03. The SMILES string of the molecule is Cc1onc(C(=O)Nc2nn(Cc3ccc(Br)cc3)cc2Br)c1Cn1ccc([N+](=O)[O-])n1. The number of nitrogens with one attached hydrogen (secondary N) is 1. The highest BCUT2D eigenvalue weighted by Gasteiger charge is 2.23. The van der Waals surface area contributed by atoms with Crippen LogP contribution < -0.4 is 5.32 Å². The fraction of sp³-hybridized carbons (Fsp3) is 0.158. The molecule has 164 valence electrons. The number of carbonyl (C=O) groups is 1. The number of hydrogen-bond acceptors (Lipinski definition) is 7. The highest BCUT2D eigenvalue weighted by Crippen LogP contribution is 2.23. The van der Waals surface area contributed by atoms with Gasteiger partial charge in [0.1, 0.15) is 5.76 Å². The lowest BCUT2D eigenvalue weighted by molar-refractivity contribution is -0.389. The summed E-state index contributed by atoms with van der Waals surface area (Å²) in [7, 11) is 0. The zero-order valence-corrected chi connectivity index (χ0v) is 19.7. The van der Waals surface area contributed by atoms with E-state index in [1.807, 2.05) is 24.3 Å². The zero-order valence-electron chi connectivity index (χ0n) is 16.5. The third-order valence-corrected chi connectivity index (χ3v) is 5.65. The van der Waals surface area contributed by atoms with Gasteiger partial charge < -0.3 is 20.0 Å². The maximum absolute atomic E-state index is 12.9. The summed E-state index contributed by atoms with van der Waals surface area (Å²) in [6, 6.07) is 9.11. The van der Waals surface area contributed by atoms with E-state index in [-0.39, 0.29) is 18.1 Å². The smallest absolute Gasteiger partial charge is 0.361 e. The quantitative estimate of drug-likeness (QED) is 0.263.